The summed E-state index contributed by atoms with van der Waals surface area (Å²) in [6, 6.07) is 8.32. The van der Waals surface area contributed by atoms with Gasteiger partial charge in [-0.15, -0.1) is 12.4 Å². The van der Waals surface area contributed by atoms with E-state index in [-0.39, 0.29) is 23.7 Å². The van der Waals surface area contributed by atoms with Crippen LogP contribution in [-0.4, -0.2) is 49.8 Å². The van der Waals surface area contributed by atoms with Crippen molar-refractivity contribution >= 4 is 41.7 Å². The molecule has 4 nitrogen and oxygen atoms in total. The second kappa shape index (κ2) is 10.0. The van der Waals surface area contributed by atoms with Gasteiger partial charge in [0.05, 0.1) is 0 Å². The highest BCUT2D eigenvalue weighted by Crippen LogP contribution is 2.35. The van der Waals surface area contributed by atoms with Crippen LogP contribution in [0.25, 0.3) is 0 Å². The lowest BCUT2D eigenvalue weighted by atomic mass is 9.74. The number of benzene rings is 1. The summed E-state index contributed by atoms with van der Waals surface area (Å²) >= 11 is 7.95. The number of nitrogens with one attached hydrogen (secondary N) is 2. The standard InChI is InChI=1S/C18H25ClN2O2S.ClH/c19-15-3-1-14(2-4-15)18(5-8-23-9-6-18)13-21-17(22)11-16-12-24-10-7-20-16;/h1-4,16,20H,5-13H2,(H,21,22);1H. The molecule has 1 aromatic rings. The first kappa shape index (κ1) is 20.8. The van der Waals surface area contributed by atoms with E-state index in [1.165, 1.54) is 5.56 Å². The number of halogens is 2. The molecule has 2 fully saturated rings. The van der Waals surface area contributed by atoms with E-state index in [1.807, 2.05) is 23.9 Å². The summed E-state index contributed by atoms with van der Waals surface area (Å²) in [7, 11) is 0. The van der Waals surface area contributed by atoms with Crippen molar-refractivity contribution in [1.82, 2.24) is 10.6 Å². The average Bonchev–Trinajstić information content (AvgIpc) is 2.62. The summed E-state index contributed by atoms with van der Waals surface area (Å²) in [4.78, 5) is 12.4. The number of rotatable bonds is 5. The largest absolute Gasteiger partial charge is 0.381 e. The molecule has 7 heteroatoms. The van der Waals surface area contributed by atoms with Gasteiger partial charge >= 0.3 is 0 Å². The van der Waals surface area contributed by atoms with Crippen LogP contribution in [0.15, 0.2) is 24.3 Å². The van der Waals surface area contributed by atoms with Gasteiger partial charge in [0.2, 0.25) is 5.91 Å². The zero-order valence-electron chi connectivity index (χ0n) is 14.3. The highest BCUT2D eigenvalue weighted by molar-refractivity contribution is 7.99. The molecule has 2 N–H and O–H groups in total. The van der Waals surface area contributed by atoms with E-state index in [0.717, 1.165) is 49.1 Å². The molecule has 0 bridgehead atoms. The summed E-state index contributed by atoms with van der Waals surface area (Å²) in [5, 5.41) is 7.34. The van der Waals surface area contributed by atoms with E-state index < -0.39 is 0 Å². The third-order valence-corrected chi connectivity index (χ3v) is 6.34. The molecule has 0 radical (unpaired) electrons. The predicted molar refractivity (Wildman–Crippen MR) is 107 cm³/mol. The number of hydrogen-bond acceptors (Lipinski definition) is 4. The Hall–Kier alpha value is -0.460. The molecule has 1 unspecified atom stereocenters. The third-order valence-electron chi connectivity index (χ3n) is 4.96. The van der Waals surface area contributed by atoms with Gasteiger partial charge in [0, 0.05) is 60.7 Å². The average molecular weight is 405 g/mol. The van der Waals surface area contributed by atoms with Gasteiger partial charge < -0.3 is 15.4 Å². The van der Waals surface area contributed by atoms with Gasteiger partial charge in [0.15, 0.2) is 0 Å². The molecule has 2 aliphatic rings. The number of hydrogen-bond donors (Lipinski definition) is 2. The highest BCUT2D eigenvalue weighted by Gasteiger charge is 2.35. The van der Waals surface area contributed by atoms with Crippen molar-refractivity contribution in [3.8, 4) is 0 Å². The summed E-state index contributed by atoms with van der Waals surface area (Å²) in [5.74, 6) is 2.29. The van der Waals surface area contributed by atoms with Crippen molar-refractivity contribution < 1.29 is 9.53 Å². The molecular weight excluding hydrogens is 379 g/mol. The maximum Gasteiger partial charge on any atom is 0.221 e. The van der Waals surface area contributed by atoms with Crippen molar-refractivity contribution in [2.75, 3.05) is 37.8 Å². The first-order chi connectivity index (χ1) is 11.7. The molecule has 2 saturated heterocycles. The lowest BCUT2D eigenvalue weighted by Gasteiger charge is -2.38. The highest BCUT2D eigenvalue weighted by atomic mass is 35.5. The van der Waals surface area contributed by atoms with Gasteiger partial charge in [-0.05, 0) is 30.5 Å². The van der Waals surface area contributed by atoms with Gasteiger partial charge in [0.1, 0.15) is 0 Å². The fourth-order valence-corrected chi connectivity index (χ4v) is 4.52. The Labute approximate surface area is 165 Å². The minimum absolute atomic E-state index is 0. The van der Waals surface area contributed by atoms with Gasteiger partial charge in [-0.3, -0.25) is 4.79 Å². The van der Waals surface area contributed by atoms with Crippen LogP contribution >= 0.6 is 35.8 Å². The van der Waals surface area contributed by atoms with Crippen LogP contribution in [0, 0.1) is 0 Å². The zero-order valence-corrected chi connectivity index (χ0v) is 16.7. The lowest BCUT2D eigenvalue weighted by Crippen LogP contribution is -2.47. The summed E-state index contributed by atoms with van der Waals surface area (Å²) in [5.41, 5.74) is 1.19. The Morgan fingerprint density at radius 1 is 1.32 bits per heavy atom. The molecule has 0 aliphatic carbocycles. The Bertz CT molecular complexity index is 545. The van der Waals surface area contributed by atoms with Crippen LogP contribution in [0.5, 0.6) is 0 Å². The smallest absolute Gasteiger partial charge is 0.221 e. The van der Waals surface area contributed by atoms with E-state index in [1.54, 1.807) is 0 Å². The Morgan fingerprint density at radius 2 is 2.04 bits per heavy atom. The number of ether oxygens (including phenoxy) is 1. The summed E-state index contributed by atoms with van der Waals surface area (Å²) in [6.45, 7) is 3.13. The maximum atomic E-state index is 12.4. The quantitative estimate of drug-likeness (QED) is 0.791. The number of amides is 1. The Balaban J connectivity index is 0.00000225. The maximum absolute atomic E-state index is 12.4. The van der Waals surface area contributed by atoms with Crippen molar-refractivity contribution in [1.29, 1.82) is 0 Å². The summed E-state index contributed by atoms with van der Waals surface area (Å²) < 4.78 is 5.55. The van der Waals surface area contributed by atoms with E-state index in [2.05, 4.69) is 22.8 Å². The molecular formula is C18H26Cl2N2O2S. The summed E-state index contributed by atoms with van der Waals surface area (Å²) in [6.07, 6.45) is 2.40. The topological polar surface area (TPSA) is 50.4 Å². The Kier molecular flexibility index (Phi) is 8.36. The first-order valence-corrected chi connectivity index (χ1v) is 10.1. The van der Waals surface area contributed by atoms with Gasteiger partial charge in [-0.2, -0.15) is 11.8 Å². The predicted octanol–water partition coefficient (Wildman–Crippen LogP) is 3.02. The molecule has 0 spiro atoms. The fraction of sp³-hybridized carbons (Fsp3) is 0.611. The van der Waals surface area contributed by atoms with Crippen LogP contribution in [0.2, 0.25) is 5.02 Å². The van der Waals surface area contributed by atoms with Crippen molar-refractivity contribution in [2.24, 2.45) is 0 Å². The Morgan fingerprint density at radius 3 is 2.68 bits per heavy atom. The molecule has 1 amide bonds. The van der Waals surface area contributed by atoms with E-state index >= 15 is 0 Å². The van der Waals surface area contributed by atoms with Crippen LogP contribution in [0.3, 0.4) is 0 Å². The minimum Gasteiger partial charge on any atom is -0.381 e. The SMILES string of the molecule is Cl.O=C(CC1CSCCN1)NCC1(c2ccc(Cl)cc2)CCOCC1. The minimum atomic E-state index is -0.0484. The molecule has 25 heavy (non-hydrogen) atoms. The first-order valence-electron chi connectivity index (χ1n) is 8.60. The van der Waals surface area contributed by atoms with Crippen LogP contribution in [0.4, 0.5) is 0 Å². The zero-order chi connectivity index (χ0) is 16.8. The normalized spacial score (nSPS) is 22.7. The number of carbonyl (C=O) groups is 1. The second-order valence-electron chi connectivity index (χ2n) is 6.61. The molecule has 2 aliphatic heterocycles. The van der Waals surface area contributed by atoms with E-state index in [4.69, 9.17) is 16.3 Å². The van der Waals surface area contributed by atoms with Gasteiger partial charge in [-0.25, -0.2) is 0 Å². The molecule has 3 rings (SSSR count). The fourth-order valence-electron chi connectivity index (χ4n) is 3.45. The molecule has 0 saturated carbocycles. The number of thioether (sulfide) groups is 1. The van der Waals surface area contributed by atoms with Crippen molar-refractivity contribution in [3.05, 3.63) is 34.9 Å². The molecule has 1 aromatic carbocycles. The van der Waals surface area contributed by atoms with E-state index in [0.29, 0.717) is 19.0 Å². The lowest BCUT2D eigenvalue weighted by molar-refractivity contribution is -0.122. The number of carbonyl (C=O) groups excluding carboxylic acids is 1. The van der Waals surface area contributed by atoms with Crippen LogP contribution < -0.4 is 10.6 Å². The molecule has 140 valence electrons. The third kappa shape index (κ3) is 5.76. The van der Waals surface area contributed by atoms with Gasteiger partial charge in [-0.1, -0.05) is 23.7 Å². The second-order valence-corrected chi connectivity index (χ2v) is 8.19. The van der Waals surface area contributed by atoms with Gasteiger partial charge in [0.25, 0.3) is 0 Å². The van der Waals surface area contributed by atoms with E-state index in [9.17, 15) is 4.79 Å². The monoisotopic (exact) mass is 404 g/mol. The van der Waals surface area contributed by atoms with Crippen LogP contribution in [0.1, 0.15) is 24.8 Å². The molecule has 0 aromatic heterocycles. The molecule has 1 atom stereocenters. The van der Waals surface area contributed by atoms with Crippen LogP contribution in [-0.2, 0) is 14.9 Å². The molecule has 2 heterocycles. The van der Waals surface area contributed by atoms with Crippen molar-refractivity contribution in [2.45, 2.75) is 30.7 Å². The van der Waals surface area contributed by atoms with Crippen molar-refractivity contribution in [3.63, 3.8) is 0 Å².